The van der Waals surface area contributed by atoms with E-state index >= 15 is 0 Å². The number of primary sulfonamides is 1. The normalized spacial score (nSPS) is 23.6. The van der Waals surface area contributed by atoms with Crippen molar-refractivity contribution in [3.8, 4) is 0 Å². The molecule has 20 heavy (non-hydrogen) atoms. The van der Waals surface area contributed by atoms with Gasteiger partial charge in [0.15, 0.2) is 0 Å². The van der Waals surface area contributed by atoms with E-state index in [1.807, 2.05) is 0 Å². The van der Waals surface area contributed by atoms with Crippen molar-refractivity contribution in [2.24, 2.45) is 5.14 Å². The van der Waals surface area contributed by atoms with Crippen LogP contribution >= 0.6 is 0 Å². The maximum atomic E-state index is 14.1. The van der Waals surface area contributed by atoms with Gasteiger partial charge in [0.05, 0.1) is 22.7 Å². The number of aliphatic hydroxyl groups is 1. The van der Waals surface area contributed by atoms with Crippen molar-refractivity contribution >= 4 is 15.7 Å². The van der Waals surface area contributed by atoms with E-state index in [4.69, 9.17) is 5.14 Å². The number of halogens is 1. The minimum Gasteiger partial charge on any atom is -0.391 e. The van der Waals surface area contributed by atoms with Crippen LogP contribution in [0.25, 0.3) is 0 Å². The van der Waals surface area contributed by atoms with Crippen LogP contribution in [0.4, 0.5) is 10.1 Å². The van der Waals surface area contributed by atoms with Crippen molar-refractivity contribution in [2.45, 2.75) is 42.7 Å². The van der Waals surface area contributed by atoms with Crippen LogP contribution in [0.2, 0.25) is 0 Å². The zero-order valence-electron chi connectivity index (χ0n) is 11.3. The first-order valence-electron chi connectivity index (χ1n) is 6.54. The lowest BCUT2D eigenvalue weighted by atomic mass is 9.91. The molecule has 1 aromatic rings. The molecule has 2 rings (SSSR count). The summed E-state index contributed by atoms with van der Waals surface area (Å²) in [7, 11) is -2.21. The Bertz CT molecular complexity index is 591. The standard InChI is InChI=1S/C13H19FN2O3S/c1-16(12-4-2-3-5-13(12)17)11-7-6-9(8-10(11)14)20(15,18)19/h6-8,12-13,17H,2-5H2,1H3,(H2,15,18,19). The van der Waals surface area contributed by atoms with Gasteiger partial charge in [0, 0.05) is 7.05 Å². The van der Waals surface area contributed by atoms with Gasteiger partial charge in [-0.1, -0.05) is 12.8 Å². The third-order valence-corrected chi connectivity index (χ3v) is 4.73. The highest BCUT2D eigenvalue weighted by atomic mass is 32.2. The van der Waals surface area contributed by atoms with Crippen LogP contribution in [0.3, 0.4) is 0 Å². The minimum absolute atomic E-state index is 0.154. The number of aliphatic hydroxyl groups excluding tert-OH is 1. The summed E-state index contributed by atoms with van der Waals surface area (Å²) in [5.74, 6) is -0.656. The lowest BCUT2D eigenvalue weighted by Gasteiger charge is -2.36. The molecule has 0 saturated heterocycles. The van der Waals surface area contributed by atoms with Gasteiger partial charge in [0.2, 0.25) is 10.0 Å². The van der Waals surface area contributed by atoms with Crippen molar-refractivity contribution < 1.29 is 17.9 Å². The number of sulfonamides is 1. The fourth-order valence-electron chi connectivity index (χ4n) is 2.67. The zero-order valence-corrected chi connectivity index (χ0v) is 12.1. The summed E-state index contributed by atoms with van der Waals surface area (Å²) in [4.78, 5) is 1.42. The highest BCUT2D eigenvalue weighted by Gasteiger charge is 2.28. The molecule has 0 aliphatic heterocycles. The first-order chi connectivity index (χ1) is 9.30. The highest BCUT2D eigenvalue weighted by Crippen LogP contribution is 2.29. The topological polar surface area (TPSA) is 83.6 Å². The lowest BCUT2D eigenvalue weighted by Crippen LogP contribution is -2.43. The van der Waals surface area contributed by atoms with Crippen molar-refractivity contribution in [3.63, 3.8) is 0 Å². The van der Waals surface area contributed by atoms with Crippen molar-refractivity contribution in [3.05, 3.63) is 24.0 Å². The summed E-state index contributed by atoms with van der Waals surface area (Å²) in [6, 6.07) is 3.42. The summed E-state index contributed by atoms with van der Waals surface area (Å²) in [6.45, 7) is 0. The summed E-state index contributed by atoms with van der Waals surface area (Å²) in [6.07, 6.45) is 2.95. The van der Waals surface area contributed by atoms with E-state index in [2.05, 4.69) is 0 Å². The maximum absolute atomic E-state index is 14.1. The van der Waals surface area contributed by atoms with Crippen molar-refractivity contribution in [2.75, 3.05) is 11.9 Å². The first-order valence-corrected chi connectivity index (χ1v) is 8.08. The molecular formula is C13H19FN2O3S. The van der Waals surface area contributed by atoms with E-state index in [9.17, 15) is 17.9 Å². The van der Waals surface area contributed by atoms with E-state index in [1.54, 1.807) is 11.9 Å². The molecule has 5 nitrogen and oxygen atoms in total. The molecule has 0 bridgehead atoms. The molecule has 3 N–H and O–H groups in total. The van der Waals surface area contributed by atoms with Crippen LogP contribution in [0, 0.1) is 5.82 Å². The highest BCUT2D eigenvalue weighted by molar-refractivity contribution is 7.89. The number of benzene rings is 1. The third-order valence-electron chi connectivity index (χ3n) is 3.82. The Morgan fingerprint density at radius 1 is 1.35 bits per heavy atom. The largest absolute Gasteiger partial charge is 0.391 e. The molecule has 1 saturated carbocycles. The first kappa shape index (κ1) is 15.2. The molecule has 1 aliphatic rings. The molecule has 2 atom stereocenters. The molecule has 2 unspecified atom stereocenters. The number of likely N-dealkylation sites (N-methyl/N-ethyl adjacent to an activating group) is 1. The lowest BCUT2D eigenvalue weighted by molar-refractivity contribution is 0.106. The summed E-state index contributed by atoms with van der Waals surface area (Å²) >= 11 is 0. The van der Waals surface area contributed by atoms with Gasteiger partial charge >= 0.3 is 0 Å². The Morgan fingerprint density at radius 2 is 2.00 bits per heavy atom. The monoisotopic (exact) mass is 302 g/mol. The number of nitrogens with two attached hydrogens (primary N) is 1. The van der Waals surface area contributed by atoms with E-state index in [0.29, 0.717) is 6.42 Å². The number of rotatable bonds is 3. The number of hydrogen-bond donors (Lipinski definition) is 2. The Balaban J connectivity index is 2.28. The minimum atomic E-state index is -3.91. The molecule has 0 aromatic heterocycles. The Labute approximate surface area is 118 Å². The molecule has 0 amide bonds. The maximum Gasteiger partial charge on any atom is 0.238 e. The molecular weight excluding hydrogens is 283 g/mol. The Kier molecular flexibility index (Phi) is 4.31. The van der Waals surface area contributed by atoms with Gasteiger partial charge in [-0.25, -0.2) is 17.9 Å². The summed E-state index contributed by atoms with van der Waals surface area (Å²) in [5, 5.41) is 15.0. The van der Waals surface area contributed by atoms with Crippen LogP contribution < -0.4 is 10.0 Å². The van der Waals surface area contributed by atoms with Crippen LogP contribution in [-0.4, -0.2) is 32.7 Å². The second-order valence-corrected chi connectivity index (χ2v) is 6.75. The van der Waals surface area contributed by atoms with Gasteiger partial charge in [-0.2, -0.15) is 0 Å². The summed E-state index contributed by atoms with van der Waals surface area (Å²) < 4.78 is 36.4. The fraction of sp³-hybridized carbons (Fsp3) is 0.538. The average molecular weight is 302 g/mol. The van der Waals surface area contributed by atoms with Crippen LogP contribution in [-0.2, 0) is 10.0 Å². The van der Waals surface area contributed by atoms with Gasteiger partial charge in [-0.15, -0.1) is 0 Å². The molecule has 0 spiro atoms. The van der Waals surface area contributed by atoms with Crippen molar-refractivity contribution in [1.29, 1.82) is 0 Å². The van der Waals surface area contributed by atoms with Crippen molar-refractivity contribution in [1.82, 2.24) is 0 Å². The smallest absolute Gasteiger partial charge is 0.238 e. The fourth-order valence-corrected chi connectivity index (χ4v) is 3.20. The van der Waals surface area contributed by atoms with E-state index in [0.717, 1.165) is 25.3 Å². The Morgan fingerprint density at radius 3 is 2.55 bits per heavy atom. The van der Waals surface area contributed by atoms with Crippen LogP contribution in [0.15, 0.2) is 23.1 Å². The summed E-state index contributed by atoms with van der Waals surface area (Å²) in [5.41, 5.74) is 0.267. The van der Waals surface area contributed by atoms with Gasteiger partial charge in [0.1, 0.15) is 5.82 Å². The number of anilines is 1. The SMILES string of the molecule is CN(c1ccc(S(N)(=O)=O)cc1F)C1CCCCC1O. The second-order valence-electron chi connectivity index (χ2n) is 5.19. The quantitative estimate of drug-likeness (QED) is 0.879. The number of hydrogen-bond acceptors (Lipinski definition) is 4. The van der Waals surface area contributed by atoms with Gasteiger partial charge < -0.3 is 10.0 Å². The molecule has 112 valence electrons. The average Bonchev–Trinajstić information content (AvgIpc) is 2.37. The molecule has 0 heterocycles. The van der Waals surface area contributed by atoms with Crippen LogP contribution in [0.1, 0.15) is 25.7 Å². The van der Waals surface area contributed by atoms with Gasteiger partial charge in [-0.3, -0.25) is 0 Å². The van der Waals surface area contributed by atoms with E-state index in [-0.39, 0.29) is 16.6 Å². The van der Waals surface area contributed by atoms with Gasteiger partial charge in [0.25, 0.3) is 0 Å². The molecule has 1 aromatic carbocycles. The predicted octanol–water partition coefficient (Wildman–Crippen LogP) is 1.21. The van der Waals surface area contributed by atoms with Gasteiger partial charge in [-0.05, 0) is 31.0 Å². The predicted molar refractivity (Wildman–Crippen MR) is 74.4 cm³/mol. The molecule has 0 radical (unpaired) electrons. The Hall–Kier alpha value is -1.18. The molecule has 1 fully saturated rings. The van der Waals surface area contributed by atoms with E-state index in [1.165, 1.54) is 12.1 Å². The van der Waals surface area contributed by atoms with E-state index < -0.39 is 21.9 Å². The number of nitrogens with zero attached hydrogens (tertiary/aromatic N) is 1. The molecule has 1 aliphatic carbocycles. The zero-order chi connectivity index (χ0) is 14.9. The molecule has 7 heteroatoms. The van der Waals surface area contributed by atoms with Crippen LogP contribution in [0.5, 0.6) is 0 Å². The second kappa shape index (κ2) is 5.67. The third kappa shape index (κ3) is 3.11.